The van der Waals surface area contributed by atoms with Gasteiger partial charge in [0.15, 0.2) is 5.82 Å². The van der Waals surface area contributed by atoms with E-state index in [0.717, 1.165) is 4.57 Å². The number of aromatic carboxylic acids is 1. The van der Waals surface area contributed by atoms with Crippen molar-refractivity contribution in [2.75, 3.05) is 0 Å². The molecule has 0 unspecified atom stereocenters. The fourth-order valence-corrected chi connectivity index (χ4v) is 2.12. The fourth-order valence-electron chi connectivity index (χ4n) is 2.12. The predicted molar refractivity (Wildman–Crippen MR) is 74.4 cm³/mol. The molecule has 2 aromatic carbocycles. The molecule has 1 radical (unpaired) electrons. The number of carboxylic acids is 1. The van der Waals surface area contributed by atoms with E-state index in [1.165, 1.54) is 24.3 Å². The Morgan fingerprint density at radius 1 is 1.10 bits per heavy atom. The lowest BCUT2D eigenvalue weighted by atomic mass is 10.1. The van der Waals surface area contributed by atoms with Crippen LogP contribution in [0.1, 0.15) is 10.4 Å². The van der Waals surface area contributed by atoms with Gasteiger partial charge in [0.25, 0.3) is 0 Å². The first-order valence-corrected chi connectivity index (χ1v) is 6.03. The number of nitrogens with zero attached hydrogens (tertiary/aromatic N) is 2. The Bertz CT molecular complexity index is 850. The van der Waals surface area contributed by atoms with E-state index in [4.69, 9.17) is 5.11 Å². The molecular formula is C15H9N2O4. The van der Waals surface area contributed by atoms with Crippen molar-refractivity contribution in [1.29, 1.82) is 0 Å². The highest BCUT2D eigenvalue weighted by Crippen LogP contribution is 2.24. The van der Waals surface area contributed by atoms with Crippen molar-refractivity contribution < 1.29 is 19.8 Å². The summed E-state index contributed by atoms with van der Waals surface area (Å²) in [6, 6.07) is 13.6. The summed E-state index contributed by atoms with van der Waals surface area (Å²) in [5.41, 5.74) is 1.62. The molecule has 0 bridgehead atoms. The van der Waals surface area contributed by atoms with Crippen molar-refractivity contribution in [3.8, 4) is 11.4 Å². The van der Waals surface area contributed by atoms with E-state index in [9.17, 15) is 14.7 Å². The van der Waals surface area contributed by atoms with Crippen LogP contribution >= 0.6 is 0 Å². The minimum absolute atomic E-state index is 0.130. The Kier molecular flexibility index (Phi) is 2.91. The van der Waals surface area contributed by atoms with Crippen molar-refractivity contribution in [3.63, 3.8) is 0 Å². The van der Waals surface area contributed by atoms with Crippen molar-refractivity contribution in [2.45, 2.75) is 0 Å². The Labute approximate surface area is 118 Å². The molecular weight excluding hydrogens is 272 g/mol. The number of rotatable bonds is 2. The maximum absolute atomic E-state index is 11.5. The van der Waals surface area contributed by atoms with Gasteiger partial charge in [0.2, 0.25) is 0 Å². The molecule has 3 aromatic rings. The first-order valence-electron chi connectivity index (χ1n) is 6.03. The molecule has 0 amide bonds. The lowest BCUT2D eigenvalue weighted by Gasteiger charge is -2.03. The highest BCUT2D eigenvalue weighted by molar-refractivity contribution is 5.92. The van der Waals surface area contributed by atoms with E-state index in [0.29, 0.717) is 16.6 Å². The summed E-state index contributed by atoms with van der Waals surface area (Å²) in [7, 11) is 0. The highest BCUT2D eigenvalue weighted by atomic mass is 16.4. The van der Waals surface area contributed by atoms with Crippen LogP contribution < -0.4 is 0 Å². The third kappa shape index (κ3) is 2.12. The number of fused-ring (bicyclic) bond motifs is 1. The number of hydrogen-bond acceptors (Lipinski definition) is 3. The average Bonchev–Trinajstić information content (AvgIpc) is 2.86. The molecule has 0 saturated carbocycles. The predicted octanol–water partition coefficient (Wildman–Crippen LogP) is 2.73. The summed E-state index contributed by atoms with van der Waals surface area (Å²) in [4.78, 5) is 26.6. The average molecular weight is 281 g/mol. The summed E-state index contributed by atoms with van der Waals surface area (Å²) in [6.45, 7) is 0. The third-order valence-electron chi connectivity index (χ3n) is 3.08. The summed E-state index contributed by atoms with van der Waals surface area (Å²) >= 11 is 0. The Morgan fingerprint density at radius 2 is 1.81 bits per heavy atom. The SMILES string of the molecule is O=C(O)c1ccc(-c2nc3c[c]ccc3n2C(=O)O)cc1. The quantitative estimate of drug-likeness (QED) is 0.753. The molecule has 1 heterocycles. The number of aromatic nitrogens is 2. The molecule has 0 aliphatic rings. The van der Waals surface area contributed by atoms with Gasteiger partial charge in [-0.15, -0.1) is 0 Å². The topological polar surface area (TPSA) is 92.4 Å². The van der Waals surface area contributed by atoms with Gasteiger partial charge >= 0.3 is 12.1 Å². The normalized spacial score (nSPS) is 10.7. The first-order chi connectivity index (χ1) is 10.1. The number of benzene rings is 2. The van der Waals surface area contributed by atoms with Gasteiger partial charge in [0, 0.05) is 5.56 Å². The van der Waals surface area contributed by atoms with Crippen LogP contribution in [0.5, 0.6) is 0 Å². The zero-order valence-electron chi connectivity index (χ0n) is 10.6. The van der Waals surface area contributed by atoms with Gasteiger partial charge in [0.05, 0.1) is 16.6 Å². The number of hydrogen-bond donors (Lipinski definition) is 2. The summed E-state index contributed by atoms with van der Waals surface area (Å²) in [5.74, 6) is -0.795. The molecule has 0 fully saturated rings. The summed E-state index contributed by atoms with van der Waals surface area (Å²) in [5, 5.41) is 18.3. The summed E-state index contributed by atoms with van der Waals surface area (Å²) < 4.78 is 1.07. The minimum Gasteiger partial charge on any atom is -0.478 e. The van der Waals surface area contributed by atoms with Crippen LogP contribution in [0.3, 0.4) is 0 Å². The van der Waals surface area contributed by atoms with Crippen LogP contribution in [0.2, 0.25) is 0 Å². The van der Waals surface area contributed by atoms with Crippen LogP contribution in [0, 0.1) is 6.07 Å². The van der Waals surface area contributed by atoms with E-state index < -0.39 is 12.1 Å². The van der Waals surface area contributed by atoms with Gasteiger partial charge in [-0.2, -0.15) is 0 Å². The van der Waals surface area contributed by atoms with Crippen LogP contribution in [0.4, 0.5) is 4.79 Å². The van der Waals surface area contributed by atoms with E-state index >= 15 is 0 Å². The molecule has 6 heteroatoms. The molecule has 1 aromatic heterocycles. The molecule has 0 atom stereocenters. The van der Waals surface area contributed by atoms with Gasteiger partial charge in [-0.25, -0.2) is 19.1 Å². The largest absolute Gasteiger partial charge is 0.478 e. The van der Waals surface area contributed by atoms with E-state index in [2.05, 4.69) is 11.1 Å². The molecule has 0 spiro atoms. The first kappa shape index (κ1) is 12.9. The minimum atomic E-state index is -1.15. The Hall–Kier alpha value is -3.15. The Balaban J connectivity index is 2.22. The smallest absolute Gasteiger partial charge is 0.417 e. The monoisotopic (exact) mass is 281 g/mol. The van der Waals surface area contributed by atoms with Crippen LogP contribution in [0.15, 0.2) is 42.5 Å². The zero-order chi connectivity index (χ0) is 15.0. The van der Waals surface area contributed by atoms with E-state index in [-0.39, 0.29) is 11.4 Å². The van der Waals surface area contributed by atoms with Crippen molar-refractivity contribution in [3.05, 3.63) is 54.1 Å². The standard InChI is InChI=1S/C15H9N2O4/c18-14(19)10-7-5-9(6-8-10)13-16-11-3-1-2-4-12(11)17(13)15(20)21/h2-8H,(H,18,19)(H,20,21). The molecule has 103 valence electrons. The number of imidazole rings is 1. The molecule has 0 saturated heterocycles. The second-order valence-electron chi connectivity index (χ2n) is 4.35. The van der Waals surface area contributed by atoms with Crippen LogP contribution in [0.25, 0.3) is 22.4 Å². The summed E-state index contributed by atoms with van der Waals surface area (Å²) in [6.07, 6.45) is -1.15. The second-order valence-corrected chi connectivity index (χ2v) is 4.35. The number of carboxylic acid groups (broad SMARTS) is 2. The lowest BCUT2D eigenvalue weighted by Crippen LogP contribution is -2.09. The highest BCUT2D eigenvalue weighted by Gasteiger charge is 2.17. The maximum atomic E-state index is 11.5. The molecule has 0 aliphatic carbocycles. The molecule has 6 nitrogen and oxygen atoms in total. The fraction of sp³-hybridized carbons (Fsp3) is 0. The molecule has 0 aliphatic heterocycles. The van der Waals surface area contributed by atoms with E-state index in [1.54, 1.807) is 18.2 Å². The van der Waals surface area contributed by atoms with Gasteiger partial charge in [-0.05, 0) is 30.3 Å². The Morgan fingerprint density at radius 3 is 2.43 bits per heavy atom. The van der Waals surface area contributed by atoms with Crippen molar-refractivity contribution in [2.24, 2.45) is 0 Å². The van der Waals surface area contributed by atoms with Gasteiger partial charge in [-0.3, -0.25) is 0 Å². The van der Waals surface area contributed by atoms with Crippen molar-refractivity contribution >= 4 is 23.1 Å². The van der Waals surface area contributed by atoms with Gasteiger partial charge < -0.3 is 10.2 Å². The molecule has 21 heavy (non-hydrogen) atoms. The van der Waals surface area contributed by atoms with Crippen LogP contribution in [-0.2, 0) is 0 Å². The van der Waals surface area contributed by atoms with Crippen molar-refractivity contribution in [1.82, 2.24) is 9.55 Å². The molecule has 3 rings (SSSR count). The van der Waals surface area contributed by atoms with Gasteiger partial charge in [-0.1, -0.05) is 18.2 Å². The van der Waals surface area contributed by atoms with Gasteiger partial charge in [0.1, 0.15) is 0 Å². The number of carbonyl (C=O) groups is 2. The third-order valence-corrected chi connectivity index (χ3v) is 3.08. The molecule has 2 N–H and O–H groups in total. The van der Waals surface area contributed by atoms with E-state index in [1.807, 2.05) is 0 Å². The van der Waals surface area contributed by atoms with Crippen LogP contribution in [-0.4, -0.2) is 31.8 Å². The maximum Gasteiger partial charge on any atom is 0.417 e. The zero-order valence-corrected chi connectivity index (χ0v) is 10.6. The second kappa shape index (κ2) is 4.75. The lowest BCUT2D eigenvalue weighted by molar-refractivity contribution is 0.0697.